The molecule has 0 saturated carbocycles. The molecular weight excluding hydrogens is 247 g/mol. The maximum Gasteiger partial charge on any atom is 0.496 e. The van der Waals surface area contributed by atoms with Crippen molar-refractivity contribution in [3.63, 3.8) is 0 Å². The predicted molar refractivity (Wildman–Crippen MR) is 70.7 cm³/mol. The highest BCUT2D eigenvalue weighted by atomic mass is 16.7. The molecule has 1 saturated heterocycles. The van der Waals surface area contributed by atoms with Gasteiger partial charge >= 0.3 is 7.12 Å². The Morgan fingerprint density at radius 1 is 1.58 bits per heavy atom. The Labute approximate surface area is 112 Å². The van der Waals surface area contributed by atoms with Gasteiger partial charge in [-0.05, 0) is 19.9 Å². The Bertz CT molecular complexity index is 493. The minimum absolute atomic E-state index is 0.261. The minimum Gasteiger partial charge on any atom is -0.480 e. The predicted octanol–water partition coefficient (Wildman–Crippen LogP) is -0.0296. The van der Waals surface area contributed by atoms with E-state index in [9.17, 15) is 4.79 Å². The largest absolute Gasteiger partial charge is 0.496 e. The zero-order valence-electron chi connectivity index (χ0n) is 11.5. The van der Waals surface area contributed by atoms with E-state index in [-0.39, 0.29) is 17.4 Å². The molecule has 2 rings (SSSR count). The lowest BCUT2D eigenvalue weighted by Crippen LogP contribution is -2.36. The number of carbonyl (C=O) groups is 1. The van der Waals surface area contributed by atoms with Crippen molar-refractivity contribution in [2.45, 2.75) is 19.4 Å². The van der Waals surface area contributed by atoms with Gasteiger partial charge in [0.05, 0.1) is 19.3 Å². The number of amides is 1. The van der Waals surface area contributed by atoms with Crippen LogP contribution in [0, 0.1) is 0 Å². The molecule has 1 aliphatic heterocycles. The Morgan fingerprint density at radius 2 is 2.32 bits per heavy atom. The van der Waals surface area contributed by atoms with Gasteiger partial charge in [-0.15, -0.1) is 0 Å². The molecule has 1 aromatic rings. The van der Waals surface area contributed by atoms with Gasteiger partial charge in [0.25, 0.3) is 5.91 Å². The lowest BCUT2D eigenvalue weighted by molar-refractivity contribution is 0.0959. The van der Waals surface area contributed by atoms with Crippen LogP contribution in [0.3, 0.4) is 0 Å². The van der Waals surface area contributed by atoms with Crippen molar-refractivity contribution in [2.24, 2.45) is 0 Å². The van der Waals surface area contributed by atoms with Gasteiger partial charge in [0.1, 0.15) is 5.56 Å². The first-order valence-electron chi connectivity index (χ1n) is 6.02. The quantitative estimate of drug-likeness (QED) is 0.776. The van der Waals surface area contributed by atoms with E-state index in [0.29, 0.717) is 17.6 Å². The van der Waals surface area contributed by atoms with Gasteiger partial charge in [-0.1, -0.05) is 0 Å². The number of hydrogen-bond acceptors (Lipinski definition) is 5. The fraction of sp³-hybridized carbons (Fsp3) is 0.500. The van der Waals surface area contributed by atoms with E-state index in [4.69, 9.17) is 14.0 Å². The van der Waals surface area contributed by atoms with E-state index in [1.807, 2.05) is 13.8 Å². The number of carbonyl (C=O) groups excluding carboxylic acids is 1. The van der Waals surface area contributed by atoms with E-state index in [0.717, 1.165) is 0 Å². The lowest BCUT2D eigenvalue weighted by atomic mass is 9.79. The Morgan fingerprint density at radius 3 is 2.84 bits per heavy atom. The third-order valence-electron chi connectivity index (χ3n) is 2.82. The average molecular weight is 264 g/mol. The number of methoxy groups -OCH3 is 1. The molecule has 7 heteroatoms. The highest BCUT2D eigenvalue weighted by molar-refractivity contribution is 6.61. The molecule has 1 aromatic heterocycles. The van der Waals surface area contributed by atoms with E-state index in [2.05, 4.69) is 10.3 Å². The number of aromatic nitrogens is 1. The van der Waals surface area contributed by atoms with Crippen molar-refractivity contribution in [3.05, 3.63) is 17.8 Å². The van der Waals surface area contributed by atoms with Crippen LogP contribution in [0.4, 0.5) is 0 Å². The molecule has 2 heterocycles. The first-order chi connectivity index (χ1) is 8.96. The number of nitrogens with one attached hydrogen (secondary N) is 1. The molecule has 0 bridgehead atoms. The van der Waals surface area contributed by atoms with E-state index in [1.54, 1.807) is 19.3 Å². The molecule has 0 spiro atoms. The smallest absolute Gasteiger partial charge is 0.480 e. The Hall–Kier alpha value is -1.60. The summed E-state index contributed by atoms with van der Waals surface area (Å²) in [6.07, 6.45) is 1.59. The maximum atomic E-state index is 11.8. The highest BCUT2D eigenvalue weighted by Gasteiger charge is 2.38. The standard InChI is InChI=1S/C12H17BN2O4/c1-12(2)7-18-13(19-12)8-5-9(10(16)14-3)11(17-4)15-6-8/h5-6H,7H2,1-4H3,(H,14,16). The third kappa shape index (κ3) is 2.88. The zero-order valence-corrected chi connectivity index (χ0v) is 11.5. The molecule has 1 amide bonds. The van der Waals surface area contributed by atoms with Gasteiger partial charge in [-0.3, -0.25) is 4.79 Å². The minimum atomic E-state index is -0.503. The summed E-state index contributed by atoms with van der Waals surface area (Å²) in [5, 5.41) is 2.55. The molecule has 1 fully saturated rings. The average Bonchev–Trinajstić information content (AvgIpc) is 2.77. The third-order valence-corrected chi connectivity index (χ3v) is 2.82. The van der Waals surface area contributed by atoms with Crippen LogP contribution in [-0.4, -0.2) is 44.4 Å². The second-order valence-corrected chi connectivity index (χ2v) is 4.93. The summed E-state index contributed by atoms with van der Waals surface area (Å²) in [6.45, 7) is 4.40. The van der Waals surface area contributed by atoms with E-state index >= 15 is 0 Å². The van der Waals surface area contributed by atoms with Gasteiger partial charge in [0.2, 0.25) is 5.88 Å². The van der Waals surface area contributed by atoms with Gasteiger partial charge in [-0.25, -0.2) is 4.98 Å². The van der Waals surface area contributed by atoms with E-state index in [1.165, 1.54) is 7.11 Å². The van der Waals surface area contributed by atoms with Crippen LogP contribution >= 0.6 is 0 Å². The molecule has 0 atom stereocenters. The Balaban J connectivity index is 2.31. The SMILES string of the molecule is CNC(=O)c1cc(B2OCC(C)(C)O2)cnc1OC. The van der Waals surface area contributed by atoms with Crippen LogP contribution < -0.4 is 15.5 Å². The molecule has 1 aliphatic rings. The summed E-state index contributed by atoms with van der Waals surface area (Å²) in [4.78, 5) is 15.9. The van der Waals surface area contributed by atoms with Crippen molar-refractivity contribution in [3.8, 4) is 5.88 Å². The summed E-state index contributed by atoms with van der Waals surface area (Å²) >= 11 is 0. The van der Waals surface area contributed by atoms with Crippen LogP contribution in [0.5, 0.6) is 5.88 Å². The van der Waals surface area contributed by atoms with Crippen LogP contribution in [0.15, 0.2) is 12.3 Å². The fourth-order valence-electron chi connectivity index (χ4n) is 1.86. The van der Waals surface area contributed by atoms with Crippen molar-refractivity contribution >= 4 is 18.5 Å². The second-order valence-electron chi connectivity index (χ2n) is 4.93. The summed E-state index contributed by atoms with van der Waals surface area (Å²) in [5.41, 5.74) is 0.724. The van der Waals surface area contributed by atoms with Crippen molar-refractivity contribution in [2.75, 3.05) is 20.8 Å². The second kappa shape index (κ2) is 5.18. The summed E-state index contributed by atoms with van der Waals surface area (Å²) in [6, 6.07) is 1.68. The molecule has 0 radical (unpaired) electrons. The summed E-state index contributed by atoms with van der Waals surface area (Å²) < 4.78 is 16.4. The molecule has 102 valence electrons. The Kier molecular flexibility index (Phi) is 3.77. The highest BCUT2D eigenvalue weighted by Crippen LogP contribution is 2.20. The van der Waals surface area contributed by atoms with Gasteiger partial charge in [0.15, 0.2) is 0 Å². The van der Waals surface area contributed by atoms with Crippen LogP contribution in [-0.2, 0) is 9.31 Å². The monoisotopic (exact) mass is 264 g/mol. The van der Waals surface area contributed by atoms with Crippen LogP contribution in [0.1, 0.15) is 24.2 Å². The van der Waals surface area contributed by atoms with Gasteiger partial charge in [0, 0.05) is 18.7 Å². The maximum absolute atomic E-state index is 11.8. The number of pyridine rings is 1. The number of ether oxygens (including phenoxy) is 1. The fourth-order valence-corrected chi connectivity index (χ4v) is 1.86. The number of rotatable bonds is 3. The van der Waals surface area contributed by atoms with Crippen LogP contribution in [0.2, 0.25) is 0 Å². The normalized spacial score (nSPS) is 17.4. The van der Waals surface area contributed by atoms with Gasteiger partial charge < -0.3 is 19.4 Å². The number of hydrogen-bond donors (Lipinski definition) is 1. The first-order valence-corrected chi connectivity index (χ1v) is 6.02. The topological polar surface area (TPSA) is 69.7 Å². The van der Waals surface area contributed by atoms with Gasteiger partial charge in [-0.2, -0.15) is 0 Å². The molecule has 0 aliphatic carbocycles. The molecular formula is C12H17BN2O4. The molecule has 0 aromatic carbocycles. The number of nitrogens with zero attached hydrogens (tertiary/aromatic N) is 1. The lowest BCUT2D eigenvalue weighted by Gasteiger charge is -2.15. The molecule has 6 nitrogen and oxygen atoms in total. The zero-order chi connectivity index (χ0) is 14.0. The van der Waals surface area contributed by atoms with Crippen molar-refractivity contribution in [1.29, 1.82) is 0 Å². The van der Waals surface area contributed by atoms with Crippen molar-refractivity contribution < 1.29 is 18.8 Å². The summed E-state index contributed by atoms with van der Waals surface area (Å²) in [7, 11) is 2.53. The van der Waals surface area contributed by atoms with Crippen molar-refractivity contribution in [1.82, 2.24) is 10.3 Å². The first kappa shape index (κ1) is 13.8. The molecule has 1 N–H and O–H groups in total. The van der Waals surface area contributed by atoms with Crippen LogP contribution in [0.25, 0.3) is 0 Å². The summed E-state index contributed by atoms with van der Waals surface area (Å²) in [5.74, 6) is 0.0174. The molecule has 0 unspecified atom stereocenters. The van der Waals surface area contributed by atoms with E-state index < -0.39 is 7.12 Å². The molecule has 19 heavy (non-hydrogen) atoms.